The van der Waals surface area contributed by atoms with E-state index < -0.39 is 0 Å². The van der Waals surface area contributed by atoms with Crippen LogP contribution in [-0.2, 0) is 16.0 Å². The predicted octanol–water partition coefficient (Wildman–Crippen LogP) is 3.29. The van der Waals surface area contributed by atoms with Crippen molar-refractivity contribution < 1.29 is 13.9 Å². The van der Waals surface area contributed by atoms with Gasteiger partial charge < -0.3 is 10.1 Å². The summed E-state index contributed by atoms with van der Waals surface area (Å²) < 4.78 is 19.3. The Balaban J connectivity index is 1.64. The number of halogens is 1. The second-order valence-corrected chi connectivity index (χ2v) is 7.05. The summed E-state index contributed by atoms with van der Waals surface area (Å²) in [7, 11) is 0. The van der Waals surface area contributed by atoms with Gasteiger partial charge in [0.15, 0.2) is 0 Å². The minimum absolute atomic E-state index is 0.172. The van der Waals surface area contributed by atoms with E-state index in [1.54, 1.807) is 31.2 Å². The lowest BCUT2D eigenvalue weighted by Crippen LogP contribution is -2.49. The third-order valence-corrected chi connectivity index (χ3v) is 5.01. The molecule has 0 radical (unpaired) electrons. The summed E-state index contributed by atoms with van der Waals surface area (Å²) in [6, 6.07) is 16.9. The number of carbonyl (C=O) groups is 1. The van der Waals surface area contributed by atoms with E-state index in [0.717, 1.165) is 19.5 Å². The molecule has 1 atom stereocenters. The SMILES string of the molecule is C/C(=C\c1ccccc1F)C(=O)NCC(Cc1ccccc1)N1CCOCC1. The van der Waals surface area contributed by atoms with Crippen LogP contribution in [0.15, 0.2) is 60.2 Å². The van der Waals surface area contributed by atoms with E-state index in [1.165, 1.54) is 11.6 Å². The van der Waals surface area contributed by atoms with Crippen LogP contribution in [0, 0.1) is 5.82 Å². The minimum atomic E-state index is -0.329. The quantitative estimate of drug-likeness (QED) is 0.747. The summed E-state index contributed by atoms with van der Waals surface area (Å²) >= 11 is 0. The molecule has 1 amide bonds. The number of nitrogens with zero attached hydrogens (tertiary/aromatic N) is 1. The fourth-order valence-electron chi connectivity index (χ4n) is 3.40. The highest BCUT2D eigenvalue weighted by Gasteiger charge is 2.22. The molecule has 0 saturated carbocycles. The maximum absolute atomic E-state index is 13.8. The molecule has 5 heteroatoms. The Hall–Kier alpha value is -2.50. The molecule has 1 N–H and O–H groups in total. The van der Waals surface area contributed by atoms with Crippen LogP contribution in [0.25, 0.3) is 6.08 Å². The average Bonchev–Trinajstić information content (AvgIpc) is 2.74. The topological polar surface area (TPSA) is 41.6 Å². The number of hydrogen-bond acceptors (Lipinski definition) is 3. The third kappa shape index (κ3) is 5.75. The van der Waals surface area contributed by atoms with E-state index in [0.29, 0.717) is 30.9 Å². The van der Waals surface area contributed by atoms with Crippen molar-refractivity contribution in [2.45, 2.75) is 19.4 Å². The number of benzene rings is 2. The lowest BCUT2D eigenvalue weighted by Gasteiger charge is -2.34. The standard InChI is InChI=1S/C23H27FN2O2/c1-18(15-20-9-5-6-10-22(20)24)23(27)25-17-21(26-11-13-28-14-12-26)16-19-7-3-2-4-8-19/h2-10,15,21H,11-14,16-17H2,1H3,(H,25,27)/b18-15+. The van der Waals surface area contributed by atoms with Gasteiger partial charge in [-0.05, 0) is 31.1 Å². The molecule has 0 bridgehead atoms. The molecule has 1 unspecified atom stereocenters. The van der Waals surface area contributed by atoms with Crippen LogP contribution in [0.5, 0.6) is 0 Å². The molecule has 0 aromatic heterocycles. The fourth-order valence-corrected chi connectivity index (χ4v) is 3.40. The molecule has 28 heavy (non-hydrogen) atoms. The second-order valence-electron chi connectivity index (χ2n) is 7.05. The molecule has 1 aliphatic rings. The van der Waals surface area contributed by atoms with Gasteiger partial charge in [0.2, 0.25) is 5.91 Å². The first kappa shape index (κ1) is 20.2. The summed E-state index contributed by atoms with van der Waals surface area (Å²) in [4.78, 5) is 14.9. The Morgan fingerprint density at radius 3 is 2.54 bits per heavy atom. The van der Waals surface area contributed by atoms with Crippen molar-refractivity contribution in [2.75, 3.05) is 32.8 Å². The van der Waals surface area contributed by atoms with Crippen LogP contribution < -0.4 is 5.32 Å². The Kier molecular flexibility index (Phi) is 7.34. The largest absolute Gasteiger partial charge is 0.379 e. The van der Waals surface area contributed by atoms with E-state index in [9.17, 15) is 9.18 Å². The zero-order chi connectivity index (χ0) is 19.8. The molecule has 2 aromatic carbocycles. The molecule has 1 fully saturated rings. The zero-order valence-corrected chi connectivity index (χ0v) is 16.2. The highest BCUT2D eigenvalue weighted by molar-refractivity contribution is 5.97. The number of morpholine rings is 1. The molecular weight excluding hydrogens is 355 g/mol. The van der Waals surface area contributed by atoms with Crippen molar-refractivity contribution >= 4 is 12.0 Å². The third-order valence-electron chi connectivity index (χ3n) is 5.01. The summed E-state index contributed by atoms with van der Waals surface area (Å²) in [5.41, 5.74) is 2.15. The van der Waals surface area contributed by atoms with Gasteiger partial charge in [-0.1, -0.05) is 48.5 Å². The first-order chi connectivity index (χ1) is 13.6. The summed E-state index contributed by atoms with van der Waals surface area (Å²) in [6.45, 7) is 5.39. The lowest BCUT2D eigenvalue weighted by atomic mass is 10.0. The molecule has 148 valence electrons. The Labute approximate surface area is 166 Å². The van der Waals surface area contributed by atoms with Crippen molar-refractivity contribution in [1.82, 2.24) is 10.2 Å². The van der Waals surface area contributed by atoms with Crippen molar-refractivity contribution in [3.63, 3.8) is 0 Å². The van der Waals surface area contributed by atoms with E-state index in [-0.39, 0.29) is 17.8 Å². The first-order valence-electron chi connectivity index (χ1n) is 9.70. The van der Waals surface area contributed by atoms with Crippen molar-refractivity contribution in [1.29, 1.82) is 0 Å². The van der Waals surface area contributed by atoms with Crippen LogP contribution in [0.4, 0.5) is 4.39 Å². The van der Waals surface area contributed by atoms with Crippen molar-refractivity contribution in [2.24, 2.45) is 0 Å². The van der Waals surface area contributed by atoms with E-state index in [2.05, 4.69) is 22.3 Å². The van der Waals surface area contributed by atoms with E-state index >= 15 is 0 Å². The van der Waals surface area contributed by atoms with Gasteiger partial charge in [-0.15, -0.1) is 0 Å². The highest BCUT2D eigenvalue weighted by Crippen LogP contribution is 2.13. The maximum atomic E-state index is 13.8. The van der Waals surface area contributed by atoms with Gasteiger partial charge in [0.05, 0.1) is 13.2 Å². The number of hydrogen-bond donors (Lipinski definition) is 1. The minimum Gasteiger partial charge on any atom is -0.379 e. The van der Waals surface area contributed by atoms with Crippen molar-refractivity contribution in [3.05, 3.63) is 77.1 Å². The van der Waals surface area contributed by atoms with E-state index in [1.807, 2.05) is 18.2 Å². The molecule has 0 aliphatic carbocycles. The van der Waals surface area contributed by atoms with Gasteiger partial charge in [0.25, 0.3) is 0 Å². The lowest BCUT2D eigenvalue weighted by molar-refractivity contribution is -0.117. The summed E-state index contributed by atoms with van der Waals surface area (Å²) in [6.07, 6.45) is 2.45. The summed E-state index contributed by atoms with van der Waals surface area (Å²) in [5, 5.41) is 3.03. The van der Waals surface area contributed by atoms with Gasteiger partial charge in [-0.2, -0.15) is 0 Å². The number of carbonyl (C=O) groups excluding carboxylic acids is 1. The van der Waals surface area contributed by atoms with Gasteiger partial charge in [-0.25, -0.2) is 4.39 Å². The van der Waals surface area contributed by atoms with Crippen LogP contribution in [0.3, 0.4) is 0 Å². The number of amides is 1. The normalized spacial score (nSPS) is 16.6. The second kappa shape index (κ2) is 10.2. The number of ether oxygens (including phenoxy) is 1. The van der Waals surface area contributed by atoms with Gasteiger partial charge in [0, 0.05) is 36.8 Å². The molecule has 0 spiro atoms. The van der Waals surface area contributed by atoms with Crippen LogP contribution in [0.1, 0.15) is 18.1 Å². The Morgan fingerprint density at radius 1 is 1.14 bits per heavy atom. The molecular formula is C23H27FN2O2. The highest BCUT2D eigenvalue weighted by atomic mass is 19.1. The van der Waals surface area contributed by atoms with Gasteiger partial charge >= 0.3 is 0 Å². The molecule has 3 rings (SSSR count). The van der Waals surface area contributed by atoms with Gasteiger partial charge in [-0.3, -0.25) is 9.69 Å². The molecule has 1 aliphatic heterocycles. The Bertz CT molecular complexity index is 801. The number of rotatable bonds is 7. The average molecular weight is 382 g/mol. The Morgan fingerprint density at radius 2 is 1.82 bits per heavy atom. The van der Waals surface area contributed by atoms with Crippen molar-refractivity contribution in [3.8, 4) is 0 Å². The van der Waals surface area contributed by atoms with Crippen LogP contribution in [0.2, 0.25) is 0 Å². The van der Waals surface area contributed by atoms with Gasteiger partial charge in [0.1, 0.15) is 5.82 Å². The predicted molar refractivity (Wildman–Crippen MR) is 109 cm³/mol. The first-order valence-corrected chi connectivity index (χ1v) is 9.70. The molecule has 2 aromatic rings. The monoisotopic (exact) mass is 382 g/mol. The fraction of sp³-hybridized carbons (Fsp3) is 0.348. The smallest absolute Gasteiger partial charge is 0.246 e. The van der Waals surface area contributed by atoms with Crippen LogP contribution >= 0.6 is 0 Å². The molecule has 1 saturated heterocycles. The molecule has 4 nitrogen and oxygen atoms in total. The summed E-state index contributed by atoms with van der Waals surface area (Å²) in [5.74, 6) is -0.500. The maximum Gasteiger partial charge on any atom is 0.246 e. The van der Waals surface area contributed by atoms with E-state index in [4.69, 9.17) is 4.74 Å². The van der Waals surface area contributed by atoms with Crippen LogP contribution in [-0.4, -0.2) is 49.7 Å². The number of nitrogens with one attached hydrogen (secondary N) is 1. The molecule has 1 heterocycles. The zero-order valence-electron chi connectivity index (χ0n) is 16.2.